The summed E-state index contributed by atoms with van der Waals surface area (Å²) in [6, 6.07) is 0. The number of nitrogens with zero attached hydrogens (tertiary/aromatic N) is 5. The molecule has 0 saturated carbocycles. The molecule has 2 N–H and O–H groups in total. The Hall–Kier alpha value is -1.93. The summed E-state index contributed by atoms with van der Waals surface area (Å²) in [5.74, 6) is 2.60. The Labute approximate surface area is 151 Å². The van der Waals surface area contributed by atoms with Gasteiger partial charge in [0.2, 0.25) is 5.95 Å². The Morgan fingerprint density at radius 2 is 2.16 bits per heavy atom. The topological polar surface area (TPSA) is 69.2 Å². The van der Waals surface area contributed by atoms with Crippen LogP contribution in [0.5, 0.6) is 0 Å². The number of anilines is 2. The first-order valence-corrected chi connectivity index (χ1v) is 9.72. The summed E-state index contributed by atoms with van der Waals surface area (Å²) in [5.41, 5.74) is 1.07. The fraction of sp³-hybridized carbons (Fsp3) is 0.588. The number of rotatable bonds is 3. The SMILES string of the molecule is CN(C)c1ncc2nc(NC3=CC[C@@]4(CN5CCC4CC5)N3)sc2n1. The number of aromatic nitrogens is 3. The maximum absolute atomic E-state index is 4.63. The van der Waals surface area contributed by atoms with Crippen molar-refractivity contribution in [2.75, 3.05) is 43.9 Å². The maximum Gasteiger partial charge on any atom is 0.226 e. The lowest BCUT2D eigenvalue weighted by molar-refractivity contribution is 0.0189. The molecule has 7 nitrogen and oxygen atoms in total. The van der Waals surface area contributed by atoms with Crippen molar-refractivity contribution in [3.05, 3.63) is 18.1 Å². The van der Waals surface area contributed by atoms with Crippen LogP contribution in [0.4, 0.5) is 11.1 Å². The van der Waals surface area contributed by atoms with E-state index >= 15 is 0 Å². The predicted octanol–water partition coefficient (Wildman–Crippen LogP) is 1.86. The van der Waals surface area contributed by atoms with E-state index < -0.39 is 0 Å². The second kappa shape index (κ2) is 5.54. The van der Waals surface area contributed by atoms with Crippen molar-refractivity contribution in [3.8, 4) is 0 Å². The molecule has 0 aliphatic carbocycles. The highest BCUT2D eigenvalue weighted by molar-refractivity contribution is 7.21. The molecule has 1 spiro atoms. The summed E-state index contributed by atoms with van der Waals surface area (Å²) >= 11 is 1.57. The average Bonchev–Trinajstić information content (AvgIpc) is 3.19. The van der Waals surface area contributed by atoms with Gasteiger partial charge in [0.05, 0.1) is 11.7 Å². The molecule has 0 unspecified atom stereocenters. The van der Waals surface area contributed by atoms with Gasteiger partial charge >= 0.3 is 0 Å². The Kier molecular flexibility index (Phi) is 3.40. The Bertz CT molecular complexity index is 837. The van der Waals surface area contributed by atoms with Gasteiger partial charge in [-0.05, 0) is 44.3 Å². The zero-order chi connectivity index (χ0) is 17.0. The van der Waals surface area contributed by atoms with Crippen LogP contribution in [-0.2, 0) is 0 Å². The first kappa shape index (κ1) is 15.3. The van der Waals surface area contributed by atoms with E-state index in [2.05, 4.69) is 36.6 Å². The van der Waals surface area contributed by atoms with E-state index in [1.165, 1.54) is 25.9 Å². The van der Waals surface area contributed by atoms with E-state index in [9.17, 15) is 0 Å². The fourth-order valence-electron chi connectivity index (χ4n) is 4.39. The molecule has 4 aliphatic heterocycles. The maximum atomic E-state index is 4.63. The monoisotopic (exact) mass is 357 g/mol. The Balaban J connectivity index is 1.33. The van der Waals surface area contributed by atoms with Gasteiger partial charge in [-0.3, -0.25) is 0 Å². The first-order chi connectivity index (χ1) is 12.1. The van der Waals surface area contributed by atoms with Crippen LogP contribution in [0.1, 0.15) is 19.3 Å². The molecule has 3 fully saturated rings. The smallest absolute Gasteiger partial charge is 0.226 e. The van der Waals surface area contributed by atoms with Gasteiger partial charge in [-0.1, -0.05) is 11.3 Å². The lowest BCUT2D eigenvalue weighted by Gasteiger charge is -2.52. The van der Waals surface area contributed by atoms with Gasteiger partial charge in [0.25, 0.3) is 0 Å². The second-order valence-electron chi connectivity index (χ2n) is 7.55. The van der Waals surface area contributed by atoms with Crippen molar-refractivity contribution >= 4 is 32.8 Å². The van der Waals surface area contributed by atoms with Crippen molar-refractivity contribution < 1.29 is 0 Å². The van der Waals surface area contributed by atoms with Crippen LogP contribution >= 0.6 is 11.3 Å². The van der Waals surface area contributed by atoms with E-state index in [0.29, 0.717) is 5.95 Å². The third-order valence-electron chi connectivity index (χ3n) is 5.71. The van der Waals surface area contributed by atoms with Gasteiger partial charge in [0.15, 0.2) is 9.96 Å². The van der Waals surface area contributed by atoms with E-state index in [1.807, 2.05) is 19.0 Å². The Morgan fingerprint density at radius 1 is 1.32 bits per heavy atom. The van der Waals surface area contributed by atoms with Crippen LogP contribution in [0, 0.1) is 5.92 Å². The highest BCUT2D eigenvalue weighted by Gasteiger charge is 2.48. The quantitative estimate of drug-likeness (QED) is 0.869. The standard InChI is InChI=1S/C17H23N7S/c1-23(2)15-18-9-12-14(21-15)25-16(19-12)20-13-3-6-17(22-13)10-24-7-4-11(17)5-8-24/h3,9,11,22H,4-8,10H2,1-2H3,(H,19,20)/t17-/m0/s1. The number of nitrogens with one attached hydrogen (secondary N) is 2. The van der Waals surface area contributed by atoms with Crippen molar-refractivity contribution in [3.63, 3.8) is 0 Å². The lowest BCUT2D eigenvalue weighted by atomic mass is 9.72. The molecule has 2 bridgehead atoms. The summed E-state index contributed by atoms with van der Waals surface area (Å²) in [7, 11) is 3.89. The van der Waals surface area contributed by atoms with Crippen molar-refractivity contribution in [1.29, 1.82) is 0 Å². The molecule has 3 saturated heterocycles. The highest BCUT2D eigenvalue weighted by atomic mass is 32.1. The summed E-state index contributed by atoms with van der Waals surface area (Å²) in [6.07, 6.45) is 7.83. The summed E-state index contributed by atoms with van der Waals surface area (Å²) < 4.78 is 0. The highest BCUT2D eigenvalue weighted by Crippen LogP contribution is 2.41. The third kappa shape index (κ3) is 2.55. The zero-order valence-electron chi connectivity index (χ0n) is 14.6. The van der Waals surface area contributed by atoms with Crippen LogP contribution in [0.25, 0.3) is 10.3 Å². The summed E-state index contributed by atoms with van der Waals surface area (Å²) in [4.78, 5) is 19.0. The molecule has 0 radical (unpaired) electrons. The van der Waals surface area contributed by atoms with E-state index in [1.54, 1.807) is 17.5 Å². The lowest BCUT2D eigenvalue weighted by Crippen LogP contribution is -2.64. The summed E-state index contributed by atoms with van der Waals surface area (Å²) in [5, 5.41) is 8.13. The van der Waals surface area contributed by atoms with Gasteiger partial charge in [0.1, 0.15) is 11.3 Å². The van der Waals surface area contributed by atoms with Crippen molar-refractivity contribution in [2.24, 2.45) is 5.92 Å². The predicted molar refractivity (Wildman–Crippen MR) is 101 cm³/mol. The molecule has 6 heterocycles. The number of fused-ring (bicyclic) bond motifs is 3. The molecule has 6 rings (SSSR count). The summed E-state index contributed by atoms with van der Waals surface area (Å²) in [6.45, 7) is 3.69. The largest absolute Gasteiger partial charge is 0.365 e. The van der Waals surface area contributed by atoms with Crippen molar-refractivity contribution in [2.45, 2.75) is 24.8 Å². The van der Waals surface area contributed by atoms with Gasteiger partial charge in [0, 0.05) is 20.6 Å². The molecule has 8 heteroatoms. The van der Waals surface area contributed by atoms with Crippen LogP contribution in [-0.4, -0.2) is 59.1 Å². The number of hydrogen-bond donors (Lipinski definition) is 2. The van der Waals surface area contributed by atoms with Gasteiger partial charge < -0.3 is 20.4 Å². The molecular weight excluding hydrogens is 334 g/mol. The van der Waals surface area contributed by atoms with Gasteiger partial charge in [-0.25, -0.2) is 9.97 Å². The molecule has 2 aromatic rings. The number of thiazole rings is 1. The molecule has 1 atom stereocenters. The van der Waals surface area contributed by atoms with Crippen LogP contribution in [0.2, 0.25) is 0 Å². The molecule has 0 amide bonds. The van der Waals surface area contributed by atoms with Crippen LogP contribution in [0.15, 0.2) is 18.1 Å². The van der Waals surface area contributed by atoms with Gasteiger partial charge in [-0.15, -0.1) is 0 Å². The molecular formula is C17H23N7S. The Morgan fingerprint density at radius 3 is 2.88 bits per heavy atom. The minimum atomic E-state index is 0.230. The normalized spacial score (nSPS) is 30.6. The van der Waals surface area contributed by atoms with Gasteiger partial charge in [-0.2, -0.15) is 4.98 Å². The minimum absolute atomic E-state index is 0.230. The first-order valence-electron chi connectivity index (χ1n) is 8.90. The number of piperidine rings is 3. The fourth-order valence-corrected chi connectivity index (χ4v) is 5.21. The van der Waals surface area contributed by atoms with Crippen LogP contribution < -0.4 is 15.5 Å². The van der Waals surface area contributed by atoms with Crippen molar-refractivity contribution in [1.82, 2.24) is 25.2 Å². The molecule has 0 aromatic carbocycles. The zero-order valence-corrected chi connectivity index (χ0v) is 15.4. The number of hydrogen-bond acceptors (Lipinski definition) is 8. The van der Waals surface area contributed by atoms with E-state index in [4.69, 9.17) is 0 Å². The van der Waals surface area contributed by atoms with E-state index in [0.717, 1.165) is 40.2 Å². The third-order valence-corrected chi connectivity index (χ3v) is 6.59. The van der Waals surface area contributed by atoms with Crippen LogP contribution in [0.3, 0.4) is 0 Å². The molecule has 25 heavy (non-hydrogen) atoms. The minimum Gasteiger partial charge on any atom is -0.365 e. The molecule has 132 valence electrons. The second-order valence-corrected chi connectivity index (χ2v) is 8.53. The average molecular weight is 357 g/mol. The molecule has 4 aliphatic rings. The van der Waals surface area contributed by atoms with E-state index in [-0.39, 0.29) is 5.54 Å². The molecule has 2 aromatic heterocycles.